The maximum atomic E-state index is 12.8. The Kier molecular flexibility index (Phi) is 6.89. The number of nitrogens with one attached hydrogen (secondary N) is 2. The summed E-state index contributed by atoms with van der Waals surface area (Å²) in [5, 5.41) is 6.52. The first-order valence-corrected chi connectivity index (χ1v) is 10.4. The van der Waals surface area contributed by atoms with E-state index in [4.69, 9.17) is 9.47 Å². The molecule has 0 aliphatic heterocycles. The van der Waals surface area contributed by atoms with Crippen LogP contribution in [-0.2, 0) is 11.3 Å². The first-order valence-electron chi connectivity index (χ1n) is 9.57. The Hall–Kier alpha value is -3.13. The number of benzene rings is 2. The van der Waals surface area contributed by atoms with E-state index in [1.807, 2.05) is 38.1 Å². The second-order valence-electron chi connectivity index (χ2n) is 7.09. The van der Waals surface area contributed by atoms with Crippen molar-refractivity contribution in [3.05, 3.63) is 53.0 Å². The zero-order valence-electron chi connectivity index (χ0n) is 17.4. The van der Waals surface area contributed by atoms with Crippen molar-refractivity contribution in [2.45, 2.75) is 26.4 Å². The molecule has 30 heavy (non-hydrogen) atoms. The van der Waals surface area contributed by atoms with E-state index in [1.54, 1.807) is 18.2 Å². The molecule has 0 spiro atoms. The van der Waals surface area contributed by atoms with Crippen LogP contribution in [-0.4, -0.2) is 37.1 Å². The monoisotopic (exact) mass is 427 g/mol. The van der Waals surface area contributed by atoms with E-state index < -0.39 is 6.04 Å². The molecule has 7 nitrogen and oxygen atoms in total. The van der Waals surface area contributed by atoms with Gasteiger partial charge in [0.25, 0.3) is 5.91 Å². The van der Waals surface area contributed by atoms with Crippen molar-refractivity contribution in [1.29, 1.82) is 0 Å². The van der Waals surface area contributed by atoms with Gasteiger partial charge in [0.2, 0.25) is 5.91 Å². The van der Waals surface area contributed by atoms with Gasteiger partial charge in [0, 0.05) is 11.6 Å². The smallest absolute Gasteiger partial charge is 0.252 e. The Morgan fingerprint density at radius 1 is 1.07 bits per heavy atom. The van der Waals surface area contributed by atoms with Crippen LogP contribution in [0.15, 0.2) is 42.5 Å². The second-order valence-corrected chi connectivity index (χ2v) is 8.20. The largest absolute Gasteiger partial charge is 0.497 e. The Balaban J connectivity index is 1.68. The number of rotatable bonds is 8. The van der Waals surface area contributed by atoms with E-state index in [2.05, 4.69) is 15.6 Å². The van der Waals surface area contributed by atoms with Crippen LogP contribution in [0.25, 0.3) is 10.2 Å². The van der Waals surface area contributed by atoms with Gasteiger partial charge < -0.3 is 20.1 Å². The van der Waals surface area contributed by atoms with Crippen molar-refractivity contribution in [2.24, 2.45) is 5.92 Å². The number of amides is 2. The number of ether oxygens (including phenoxy) is 2. The summed E-state index contributed by atoms with van der Waals surface area (Å²) in [6, 6.07) is 12.0. The summed E-state index contributed by atoms with van der Waals surface area (Å²) in [7, 11) is 3.03. The lowest BCUT2D eigenvalue weighted by atomic mass is 10.0. The number of carbonyl (C=O) groups is 2. The van der Waals surface area contributed by atoms with Gasteiger partial charge in [-0.1, -0.05) is 26.0 Å². The summed E-state index contributed by atoms with van der Waals surface area (Å²) in [6.07, 6.45) is 0. The second kappa shape index (κ2) is 9.58. The van der Waals surface area contributed by atoms with Gasteiger partial charge in [0.05, 0.1) is 31.0 Å². The first kappa shape index (κ1) is 21.6. The van der Waals surface area contributed by atoms with Crippen molar-refractivity contribution >= 4 is 33.4 Å². The van der Waals surface area contributed by atoms with Crippen LogP contribution in [0, 0.1) is 5.92 Å². The number of para-hydroxylation sites is 1. The standard InChI is InChI=1S/C22H25N3O4S/c1-13(2)20(25-21(26)14-9-15(28-3)11-16(10-14)29-4)22(27)23-12-19-24-17-7-5-6-8-18(17)30-19/h5-11,13,20H,12H2,1-4H3,(H,23,27)(H,25,26). The molecule has 0 aliphatic rings. The Labute approximate surface area is 179 Å². The van der Waals surface area contributed by atoms with Gasteiger partial charge in [0.15, 0.2) is 0 Å². The summed E-state index contributed by atoms with van der Waals surface area (Å²) in [4.78, 5) is 30.1. The SMILES string of the molecule is COc1cc(OC)cc(C(=O)NC(C(=O)NCc2nc3ccccc3s2)C(C)C)c1. The fraction of sp³-hybridized carbons (Fsp3) is 0.318. The topological polar surface area (TPSA) is 89.5 Å². The van der Waals surface area contributed by atoms with Crippen molar-refractivity contribution < 1.29 is 19.1 Å². The van der Waals surface area contributed by atoms with Gasteiger partial charge in [-0.05, 0) is 30.2 Å². The Bertz CT molecular complexity index is 993. The highest BCUT2D eigenvalue weighted by Gasteiger charge is 2.25. The van der Waals surface area contributed by atoms with E-state index >= 15 is 0 Å². The summed E-state index contributed by atoms with van der Waals surface area (Å²) < 4.78 is 11.5. The number of nitrogens with zero attached hydrogens (tertiary/aromatic N) is 1. The Morgan fingerprint density at radius 3 is 2.33 bits per heavy atom. The van der Waals surface area contributed by atoms with Gasteiger partial charge in [-0.25, -0.2) is 4.98 Å². The third-order valence-corrected chi connectivity index (χ3v) is 5.64. The van der Waals surface area contributed by atoms with Crippen LogP contribution in [0.1, 0.15) is 29.2 Å². The molecule has 0 radical (unpaired) electrons. The summed E-state index contributed by atoms with van der Waals surface area (Å²) in [6.45, 7) is 4.08. The van der Waals surface area contributed by atoms with Crippen molar-refractivity contribution in [3.8, 4) is 11.5 Å². The third kappa shape index (κ3) is 5.07. The molecule has 2 aromatic carbocycles. The van der Waals surface area contributed by atoms with Gasteiger partial charge >= 0.3 is 0 Å². The quantitative estimate of drug-likeness (QED) is 0.575. The van der Waals surface area contributed by atoms with E-state index in [0.717, 1.165) is 15.2 Å². The number of hydrogen-bond donors (Lipinski definition) is 2. The molecule has 2 N–H and O–H groups in total. The molecule has 0 saturated heterocycles. The minimum atomic E-state index is -0.691. The first-order chi connectivity index (χ1) is 14.4. The number of hydrogen-bond acceptors (Lipinski definition) is 6. The molecule has 3 aromatic rings. The highest BCUT2D eigenvalue weighted by Crippen LogP contribution is 2.23. The van der Waals surface area contributed by atoms with Gasteiger partial charge in [-0.3, -0.25) is 9.59 Å². The maximum absolute atomic E-state index is 12.8. The molecule has 0 saturated carbocycles. The molecule has 1 heterocycles. The molecular formula is C22H25N3O4S. The fourth-order valence-electron chi connectivity index (χ4n) is 2.97. The normalized spacial score (nSPS) is 11.9. The van der Waals surface area contributed by atoms with Crippen LogP contribution in [0.2, 0.25) is 0 Å². The zero-order chi connectivity index (χ0) is 21.7. The van der Waals surface area contributed by atoms with Gasteiger partial charge in [0.1, 0.15) is 22.5 Å². The molecule has 0 bridgehead atoms. The molecule has 0 fully saturated rings. The highest BCUT2D eigenvalue weighted by molar-refractivity contribution is 7.18. The van der Waals surface area contributed by atoms with Crippen LogP contribution in [0.5, 0.6) is 11.5 Å². The number of carbonyl (C=O) groups excluding carboxylic acids is 2. The molecule has 1 aromatic heterocycles. The lowest BCUT2D eigenvalue weighted by Crippen LogP contribution is -2.49. The molecule has 1 unspecified atom stereocenters. The molecule has 0 aliphatic carbocycles. The average molecular weight is 428 g/mol. The minimum absolute atomic E-state index is 0.100. The predicted molar refractivity (Wildman–Crippen MR) is 117 cm³/mol. The molecule has 158 valence electrons. The fourth-order valence-corrected chi connectivity index (χ4v) is 3.87. The number of methoxy groups -OCH3 is 2. The van der Waals surface area contributed by atoms with E-state index in [0.29, 0.717) is 23.6 Å². The predicted octanol–water partition coefficient (Wildman–Crippen LogP) is 3.38. The van der Waals surface area contributed by atoms with Crippen molar-refractivity contribution in [1.82, 2.24) is 15.6 Å². The van der Waals surface area contributed by atoms with E-state index in [1.165, 1.54) is 25.6 Å². The van der Waals surface area contributed by atoms with Crippen molar-refractivity contribution in [3.63, 3.8) is 0 Å². The number of aromatic nitrogens is 1. The molecule has 2 amide bonds. The van der Waals surface area contributed by atoms with Crippen LogP contribution >= 0.6 is 11.3 Å². The molecule has 3 rings (SSSR count). The van der Waals surface area contributed by atoms with Gasteiger partial charge in [-0.15, -0.1) is 11.3 Å². The van der Waals surface area contributed by atoms with E-state index in [-0.39, 0.29) is 17.7 Å². The van der Waals surface area contributed by atoms with E-state index in [9.17, 15) is 9.59 Å². The number of fused-ring (bicyclic) bond motifs is 1. The molecular weight excluding hydrogens is 402 g/mol. The van der Waals surface area contributed by atoms with Gasteiger partial charge in [-0.2, -0.15) is 0 Å². The summed E-state index contributed by atoms with van der Waals surface area (Å²) >= 11 is 1.54. The Morgan fingerprint density at radius 2 is 1.73 bits per heavy atom. The molecule has 1 atom stereocenters. The van der Waals surface area contributed by atoms with Crippen LogP contribution < -0.4 is 20.1 Å². The summed E-state index contributed by atoms with van der Waals surface area (Å²) in [5.41, 5.74) is 1.27. The van der Waals surface area contributed by atoms with Crippen LogP contribution in [0.3, 0.4) is 0 Å². The number of thiazole rings is 1. The van der Waals surface area contributed by atoms with Crippen molar-refractivity contribution in [2.75, 3.05) is 14.2 Å². The summed E-state index contributed by atoms with van der Waals surface area (Å²) in [5.74, 6) is 0.270. The lowest BCUT2D eigenvalue weighted by Gasteiger charge is -2.21. The zero-order valence-corrected chi connectivity index (χ0v) is 18.2. The lowest BCUT2D eigenvalue weighted by molar-refractivity contribution is -0.124. The maximum Gasteiger partial charge on any atom is 0.252 e. The van der Waals surface area contributed by atoms with Crippen LogP contribution in [0.4, 0.5) is 0 Å². The minimum Gasteiger partial charge on any atom is -0.497 e. The average Bonchev–Trinajstić information content (AvgIpc) is 3.18. The molecule has 8 heteroatoms. The highest BCUT2D eigenvalue weighted by atomic mass is 32.1. The third-order valence-electron chi connectivity index (χ3n) is 4.60.